The molecule has 0 aromatic carbocycles. The van der Waals surface area contributed by atoms with Gasteiger partial charge in [0.15, 0.2) is 12.4 Å². The van der Waals surface area contributed by atoms with Crippen molar-refractivity contribution in [1.29, 1.82) is 0 Å². The van der Waals surface area contributed by atoms with Gasteiger partial charge in [-0.25, -0.2) is 4.57 Å². The molecular formula is C11H11N2+. The second-order valence-corrected chi connectivity index (χ2v) is 3.00. The van der Waals surface area contributed by atoms with Gasteiger partial charge in [-0.1, -0.05) is 6.07 Å². The van der Waals surface area contributed by atoms with Crippen LogP contribution in [0, 0.1) is 0 Å². The summed E-state index contributed by atoms with van der Waals surface area (Å²) in [5, 5.41) is 0. The Morgan fingerprint density at radius 2 is 2.00 bits per heavy atom. The van der Waals surface area contributed by atoms with Crippen LogP contribution in [0.1, 0.15) is 0 Å². The minimum Gasteiger partial charge on any atom is -0.264 e. The highest BCUT2D eigenvalue weighted by Gasteiger charge is 1.99. The Morgan fingerprint density at radius 3 is 2.69 bits per heavy atom. The van der Waals surface area contributed by atoms with Crippen molar-refractivity contribution in [2.45, 2.75) is 0 Å². The minimum atomic E-state index is 1.15. The molecule has 0 saturated heterocycles. The van der Waals surface area contributed by atoms with E-state index in [2.05, 4.69) is 23.3 Å². The van der Waals surface area contributed by atoms with Crippen molar-refractivity contribution in [3.8, 4) is 11.1 Å². The van der Waals surface area contributed by atoms with Crippen molar-refractivity contribution in [2.24, 2.45) is 7.05 Å². The van der Waals surface area contributed by atoms with Gasteiger partial charge >= 0.3 is 0 Å². The van der Waals surface area contributed by atoms with Crippen LogP contribution in [0.4, 0.5) is 0 Å². The molecule has 2 rings (SSSR count). The van der Waals surface area contributed by atoms with Crippen LogP contribution in [0.2, 0.25) is 0 Å². The molecule has 0 spiro atoms. The van der Waals surface area contributed by atoms with Crippen molar-refractivity contribution in [3.63, 3.8) is 0 Å². The van der Waals surface area contributed by atoms with E-state index in [0.717, 1.165) is 5.56 Å². The molecule has 0 N–H and O–H groups in total. The predicted molar refractivity (Wildman–Crippen MR) is 50.8 cm³/mol. The molecule has 2 aromatic heterocycles. The van der Waals surface area contributed by atoms with E-state index in [-0.39, 0.29) is 0 Å². The second kappa shape index (κ2) is 3.35. The fraction of sp³-hybridized carbons (Fsp3) is 0.0909. The van der Waals surface area contributed by atoms with Gasteiger partial charge in [-0.15, -0.1) is 0 Å². The Bertz CT molecular complexity index is 396. The van der Waals surface area contributed by atoms with Gasteiger partial charge in [0.25, 0.3) is 0 Å². The molecule has 0 atom stereocenters. The van der Waals surface area contributed by atoms with Crippen LogP contribution in [-0.4, -0.2) is 4.98 Å². The van der Waals surface area contributed by atoms with Crippen LogP contribution < -0.4 is 4.57 Å². The zero-order valence-electron chi connectivity index (χ0n) is 7.51. The fourth-order valence-corrected chi connectivity index (χ4v) is 1.29. The predicted octanol–water partition coefficient (Wildman–Crippen LogP) is 1.57. The second-order valence-electron chi connectivity index (χ2n) is 3.00. The Hall–Kier alpha value is -1.70. The first kappa shape index (κ1) is 7.92. The highest BCUT2D eigenvalue weighted by atomic mass is 14.9. The monoisotopic (exact) mass is 171 g/mol. The summed E-state index contributed by atoms with van der Waals surface area (Å²) in [6, 6.07) is 8.12. The lowest BCUT2D eigenvalue weighted by Gasteiger charge is -1.97. The zero-order chi connectivity index (χ0) is 9.10. The molecule has 2 nitrogen and oxygen atoms in total. The molecular weight excluding hydrogens is 160 g/mol. The molecule has 0 aliphatic carbocycles. The number of nitrogens with zero attached hydrogens (tertiary/aromatic N) is 2. The van der Waals surface area contributed by atoms with Crippen LogP contribution >= 0.6 is 0 Å². The summed E-state index contributed by atoms with van der Waals surface area (Å²) >= 11 is 0. The highest BCUT2D eigenvalue weighted by Crippen LogP contribution is 2.14. The van der Waals surface area contributed by atoms with Crippen LogP contribution in [0.5, 0.6) is 0 Å². The largest absolute Gasteiger partial charge is 0.264 e. The molecule has 64 valence electrons. The van der Waals surface area contributed by atoms with Gasteiger partial charge in [-0.05, 0) is 12.1 Å². The molecule has 0 saturated carbocycles. The first-order valence-electron chi connectivity index (χ1n) is 4.22. The van der Waals surface area contributed by atoms with E-state index in [1.54, 1.807) is 6.20 Å². The zero-order valence-corrected chi connectivity index (χ0v) is 7.51. The van der Waals surface area contributed by atoms with Crippen molar-refractivity contribution in [2.75, 3.05) is 0 Å². The molecule has 0 fully saturated rings. The normalized spacial score (nSPS) is 9.92. The molecule has 0 amide bonds. The third-order valence-corrected chi connectivity index (χ3v) is 1.93. The molecule has 13 heavy (non-hydrogen) atoms. The Labute approximate surface area is 77.5 Å². The van der Waals surface area contributed by atoms with Crippen LogP contribution in [0.3, 0.4) is 0 Å². The maximum absolute atomic E-state index is 4.08. The summed E-state index contributed by atoms with van der Waals surface area (Å²) in [4.78, 5) is 4.08. The molecule has 2 heteroatoms. The van der Waals surface area contributed by atoms with Crippen LogP contribution in [0.25, 0.3) is 11.1 Å². The van der Waals surface area contributed by atoms with Gasteiger partial charge in [0.05, 0.1) is 0 Å². The summed E-state index contributed by atoms with van der Waals surface area (Å²) in [5.41, 5.74) is 2.34. The molecule has 0 aliphatic heterocycles. The molecule has 0 bridgehead atoms. The van der Waals surface area contributed by atoms with E-state index in [9.17, 15) is 0 Å². The maximum atomic E-state index is 4.08. The van der Waals surface area contributed by atoms with E-state index in [0.29, 0.717) is 0 Å². The van der Waals surface area contributed by atoms with Gasteiger partial charge in [-0.2, -0.15) is 0 Å². The van der Waals surface area contributed by atoms with Gasteiger partial charge < -0.3 is 0 Å². The Balaban J connectivity index is 2.48. The SMILES string of the molecule is C[n+]1cccc(-c2cccnc2)c1. The van der Waals surface area contributed by atoms with Gasteiger partial charge in [0.2, 0.25) is 0 Å². The summed E-state index contributed by atoms with van der Waals surface area (Å²) < 4.78 is 2.03. The van der Waals surface area contributed by atoms with Gasteiger partial charge in [-0.3, -0.25) is 4.98 Å². The molecule has 0 radical (unpaired) electrons. The number of hydrogen-bond acceptors (Lipinski definition) is 1. The summed E-state index contributed by atoms with van der Waals surface area (Å²) in [6.07, 6.45) is 7.75. The Morgan fingerprint density at radius 1 is 1.15 bits per heavy atom. The molecule has 0 aliphatic rings. The lowest BCUT2D eigenvalue weighted by molar-refractivity contribution is -0.671. The number of rotatable bonds is 1. The quantitative estimate of drug-likeness (QED) is 0.595. The topological polar surface area (TPSA) is 16.8 Å². The molecule has 0 unspecified atom stereocenters. The highest BCUT2D eigenvalue weighted by molar-refractivity contribution is 5.59. The smallest absolute Gasteiger partial charge is 0.176 e. The average Bonchev–Trinajstić information content (AvgIpc) is 2.19. The Kier molecular flexibility index (Phi) is 2.04. The fourth-order valence-electron chi connectivity index (χ4n) is 1.29. The summed E-state index contributed by atoms with van der Waals surface area (Å²) in [5.74, 6) is 0. The van der Waals surface area contributed by atoms with E-state index in [4.69, 9.17) is 0 Å². The van der Waals surface area contributed by atoms with E-state index in [1.165, 1.54) is 5.56 Å². The van der Waals surface area contributed by atoms with Crippen molar-refractivity contribution in [3.05, 3.63) is 49.1 Å². The third kappa shape index (κ3) is 1.72. The van der Waals surface area contributed by atoms with Crippen LogP contribution in [0.15, 0.2) is 49.1 Å². The average molecular weight is 171 g/mol. The molecule has 2 aromatic rings. The first-order valence-corrected chi connectivity index (χ1v) is 4.22. The number of pyridine rings is 2. The van der Waals surface area contributed by atoms with E-state index < -0.39 is 0 Å². The van der Waals surface area contributed by atoms with E-state index in [1.807, 2.05) is 36.1 Å². The van der Waals surface area contributed by atoms with E-state index >= 15 is 0 Å². The van der Waals surface area contributed by atoms with Gasteiger partial charge in [0, 0.05) is 29.6 Å². The first-order chi connectivity index (χ1) is 6.36. The standard InChI is InChI=1S/C11H11N2/c1-13-7-3-5-11(9-13)10-4-2-6-12-8-10/h2-9H,1H3/q+1. The number of hydrogen-bond donors (Lipinski definition) is 0. The lowest BCUT2D eigenvalue weighted by atomic mass is 10.1. The number of aryl methyl sites for hydroxylation is 1. The number of aromatic nitrogens is 2. The van der Waals surface area contributed by atoms with Crippen molar-refractivity contribution < 1.29 is 4.57 Å². The van der Waals surface area contributed by atoms with Crippen molar-refractivity contribution >= 4 is 0 Å². The minimum absolute atomic E-state index is 1.15. The summed E-state index contributed by atoms with van der Waals surface area (Å²) in [6.45, 7) is 0. The third-order valence-electron chi connectivity index (χ3n) is 1.93. The van der Waals surface area contributed by atoms with Crippen LogP contribution in [-0.2, 0) is 7.05 Å². The van der Waals surface area contributed by atoms with Crippen molar-refractivity contribution in [1.82, 2.24) is 4.98 Å². The molecule has 2 heterocycles. The maximum Gasteiger partial charge on any atom is 0.176 e. The van der Waals surface area contributed by atoms with Gasteiger partial charge in [0.1, 0.15) is 7.05 Å². The lowest BCUT2D eigenvalue weighted by Crippen LogP contribution is -2.26. The summed E-state index contributed by atoms with van der Waals surface area (Å²) in [7, 11) is 2.01.